The fourth-order valence-electron chi connectivity index (χ4n) is 2.31. The van der Waals surface area contributed by atoms with Crippen LogP contribution >= 0.6 is 0 Å². The number of halogens is 2. The van der Waals surface area contributed by atoms with Crippen molar-refractivity contribution in [3.8, 4) is 0 Å². The van der Waals surface area contributed by atoms with E-state index in [1.807, 2.05) is 0 Å². The first-order chi connectivity index (χ1) is 7.96. The maximum absolute atomic E-state index is 13.1. The molecule has 0 radical (unpaired) electrons. The van der Waals surface area contributed by atoms with Gasteiger partial charge in [0.05, 0.1) is 12.0 Å². The lowest BCUT2D eigenvalue weighted by Gasteiger charge is -2.20. The molecular weight excluding hydrogens is 226 g/mol. The topological polar surface area (TPSA) is 26.3 Å². The highest BCUT2D eigenvalue weighted by molar-refractivity contribution is 5.78. The van der Waals surface area contributed by atoms with Crippen molar-refractivity contribution in [1.82, 2.24) is 0 Å². The minimum Gasteiger partial charge on any atom is -0.466 e. The lowest BCUT2D eigenvalue weighted by molar-refractivity contribution is -0.153. The Balaban J connectivity index is 2.29. The molecule has 0 fully saturated rings. The van der Waals surface area contributed by atoms with Crippen molar-refractivity contribution < 1.29 is 18.3 Å². The van der Waals surface area contributed by atoms with E-state index >= 15 is 0 Å². The Labute approximate surface area is 98.6 Å². The van der Waals surface area contributed by atoms with Crippen LogP contribution in [0.1, 0.15) is 25.0 Å². The SMILES string of the molecule is CCOC(=O)C1(C)Cc2cc(F)c(F)cc2C1. The Bertz CT molecular complexity index is 438. The van der Waals surface area contributed by atoms with E-state index in [2.05, 4.69) is 0 Å². The van der Waals surface area contributed by atoms with Crippen LogP contribution in [0, 0.1) is 17.0 Å². The van der Waals surface area contributed by atoms with Gasteiger partial charge in [-0.2, -0.15) is 0 Å². The molecule has 17 heavy (non-hydrogen) atoms. The second-order valence-electron chi connectivity index (χ2n) is 4.67. The van der Waals surface area contributed by atoms with Crippen LogP contribution in [0.25, 0.3) is 0 Å². The van der Waals surface area contributed by atoms with Gasteiger partial charge in [-0.3, -0.25) is 4.79 Å². The zero-order valence-corrected chi connectivity index (χ0v) is 9.85. The normalized spacial score (nSPS) is 16.7. The molecule has 0 N–H and O–H groups in total. The van der Waals surface area contributed by atoms with Gasteiger partial charge in [-0.1, -0.05) is 0 Å². The van der Waals surface area contributed by atoms with Crippen molar-refractivity contribution in [1.29, 1.82) is 0 Å². The van der Waals surface area contributed by atoms with Gasteiger partial charge in [-0.05, 0) is 49.9 Å². The van der Waals surface area contributed by atoms with E-state index in [1.54, 1.807) is 13.8 Å². The Morgan fingerprint density at radius 1 is 1.29 bits per heavy atom. The van der Waals surface area contributed by atoms with Gasteiger partial charge in [-0.15, -0.1) is 0 Å². The van der Waals surface area contributed by atoms with E-state index in [9.17, 15) is 13.6 Å². The molecule has 0 atom stereocenters. The van der Waals surface area contributed by atoms with Crippen LogP contribution in [0.4, 0.5) is 8.78 Å². The summed E-state index contributed by atoms with van der Waals surface area (Å²) < 4.78 is 31.2. The standard InChI is InChI=1S/C13H14F2O2/c1-3-17-12(16)13(2)6-8-4-10(14)11(15)5-9(8)7-13/h4-5H,3,6-7H2,1-2H3. The molecule has 1 aliphatic carbocycles. The highest BCUT2D eigenvalue weighted by Gasteiger charge is 2.41. The average Bonchev–Trinajstić information content (AvgIpc) is 2.57. The maximum atomic E-state index is 13.1. The molecule has 1 aliphatic rings. The lowest BCUT2D eigenvalue weighted by atomic mass is 9.87. The quantitative estimate of drug-likeness (QED) is 0.743. The molecule has 0 unspecified atom stereocenters. The summed E-state index contributed by atoms with van der Waals surface area (Å²) in [4.78, 5) is 11.8. The number of benzene rings is 1. The smallest absolute Gasteiger partial charge is 0.312 e. The monoisotopic (exact) mass is 240 g/mol. The second kappa shape index (κ2) is 4.09. The van der Waals surface area contributed by atoms with Gasteiger partial charge in [-0.25, -0.2) is 8.78 Å². The summed E-state index contributed by atoms with van der Waals surface area (Å²) in [5, 5.41) is 0. The number of carbonyl (C=O) groups is 1. The van der Waals surface area contributed by atoms with E-state index in [0.29, 0.717) is 30.6 Å². The van der Waals surface area contributed by atoms with Crippen LogP contribution in [-0.2, 0) is 22.4 Å². The van der Waals surface area contributed by atoms with Gasteiger partial charge in [0.25, 0.3) is 0 Å². The van der Waals surface area contributed by atoms with Crippen molar-refractivity contribution in [2.75, 3.05) is 6.61 Å². The number of ether oxygens (including phenoxy) is 1. The van der Waals surface area contributed by atoms with Gasteiger partial charge in [0, 0.05) is 0 Å². The molecule has 92 valence electrons. The molecule has 0 saturated carbocycles. The third-order valence-electron chi connectivity index (χ3n) is 3.17. The predicted octanol–water partition coefficient (Wildman–Crippen LogP) is 2.63. The lowest BCUT2D eigenvalue weighted by Crippen LogP contribution is -2.30. The first-order valence-electron chi connectivity index (χ1n) is 5.60. The number of hydrogen-bond acceptors (Lipinski definition) is 2. The number of hydrogen-bond donors (Lipinski definition) is 0. The Morgan fingerprint density at radius 3 is 2.18 bits per heavy atom. The maximum Gasteiger partial charge on any atom is 0.312 e. The highest BCUT2D eigenvalue weighted by atomic mass is 19.2. The van der Waals surface area contributed by atoms with Gasteiger partial charge in [0.1, 0.15) is 0 Å². The Hall–Kier alpha value is -1.45. The number of carbonyl (C=O) groups excluding carboxylic acids is 1. The summed E-state index contributed by atoms with van der Waals surface area (Å²) in [7, 11) is 0. The van der Waals surface area contributed by atoms with Crippen LogP contribution in [0.15, 0.2) is 12.1 Å². The van der Waals surface area contributed by atoms with E-state index in [1.165, 1.54) is 12.1 Å². The summed E-state index contributed by atoms with van der Waals surface area (Å²) in [6, 6.07) is 2.35. The molecule has 0 bridgehead atoms. The molecule has 2 rings (SSSR count). The summed E-state index contributed by atoms with van der Waals surface area (Å²) in [5.74, 6) is -2.04. The van der Waals surface area contributed by atoms with Crippen LogP contribution < -0.4 is 0 Å². The summed E-state index contributed by atoms with van der Waals surface area (Å²) in [5.41, 5.74) is 0.692. The molecule has 0 heterocycles. The van der Waals surface area contributed by atoms with Crippen molar-refractivity contribution >= 4 is 5.97 Å². The van der Waals surface area contributed by atoms with Crippen LogP contribution in [0.3, 0.4) is 0 Å². The summed E-state index contributed by atoms with van der Waals surface area (Å²) in [6.45, 7) is 3.82. The number of fused-ring (bicyclic) bond motifs is 1. The molecule has 0 aliphatic heterocycles. The summed E-state index contributed by atoms with van der Waals surface area (Å²) >= 11 is 0. The predicted molar refractivity (Wildman–Crippen MR) is 58.5 cm³/mol. The average molecular weight is 240 g/mol. The van der Waals surface area contributed by atoms with E-state index in [-0.39, 0.29) is 5.97 Å². The molecule has 2 nitrogen and oxygen atoms in total. The fourth-order valence-corrected chi connectivity index (χ4v) is 2.31. The first kappa shape index (κ1) is 12.0. The van der Waals surface area contributed by atoms with Gasteiger partial charge >= 0.3 is 5.97 Å². The fraction of sp³-hybridized carbons (Fsp3) is 0.462. The molecule has 1 aromatic rings. The van der Waals surface area contributed by atoms with Gasteiger partial charge in [0.15, 0.2) is 11.6 Å². The second-order valence-corrected chi connectivity index (χ2v) is 4.67. The molecule has 4 heteroatoms. The van der Waals surface area contributed by atoms with Crippen molar-refractivity contribution in [2.24, 2.45) is 5.41 Å². The molecular formula is C13H14F2O2. The van der Waals surface area contributed by atoms with Crippen molar-refractivity contribution in [2.45, 2.75) is 26.7 Å². The summed E-state index contributed by atoms with van der Waals surface area (Å²) in [6.07, 6.45) is 0.802. The molecule has 0 aromatic heterocycles. The number of rotatable bonds is 2. The van der Waals surface area contributed by atoms with Crippen LogP contribution in [0.5, 0.6) is 0 Å². The molecule has 0 spiro atoms. The van der Waals surface area contributed by atoms with Gasteiger partial charge < -0.3 is 4.74 Å². The third kappa shape index (κ3) is 2.04. The van der Waals surface area contributed by atoms with E-state index in [0.717, 1.165) is 0 Å². The Morgan fingerprint density at radius 2 is 1.76 bits per heavy atom. The van der Waals surface area contributed by atoms with E-state index in [4.69, 9.17) is 4.74 Å². The number of esters is 1. The molecule has 0 amide bonds. The van der Waals surface area contributed by atoms with Crippen molar-refractivity contribution in [3.63, 3.8) is 0 Å². The van der Waals surface area contributed by atoms with E-state index < -0.39 is 17.0 Å². The largest absolute Gasteiger partial charge is 0.466 e. The van der Waals surface area contributed by atoms with Crippen molar-refractivity contribution in [3.05, 3.63) is 34.9 Å². The first-order valence-corrected chi connectivity index (χ1v) is 5.60. The Kier molecular flexibility index (Phi) is 2.89. The molecule has 1 aromatic carbocycles. The zero-order chi connectivity index (χ0) is 12.6. The minimum atomic E-state index is -0.864. The third-order valence-corrected chi connectivity index (χ3v) is 3.17. The highest BCUT2D eigenvalue weighted by Crippen LogP contribution is 2.38. The minimum absolute atomic E-state index is 0.308. The van der Waals surface area contributed by atoms with Crippen LogP contribution in [0.2, 0.25) is 0 Å². The zero-order valence-electron chi connectivity index (χ0n) is 9.85. The van der Waals surface area contributed by atoms with Crippen LogP contribution in [-0.4, -0.2) is 12.6 Å². The van der Waals surface area contributed by atoms with Gasteiger partial charge in [0.2, 0.25) is 0 Å². The molecule has 0 saturated heterocycles.